The lowest BCUT2D eigenvalue weighted by Crippen LogP contribution is -2.40. The van der Waals surface area contributed by atoms with E-state index in [0.717, 1.165) is 57.9 Å². The molecule has 1 aromatic carbocycles. The summed E-state index contributed by atoms with van der Waals surface area (Å²) in [6.45, 7) is 7.03. The molecule has 170 valence electrons. The molecule has 1 aromatic heterocycles. The number of piperidine rings is 1. The maximum absolute atomic E-state index is 11.5. The van der Waals surface area contributed by atoms with E-state index in [0.29, 0.717) is 6.54 Å². The van der Waals surface area contributed by atoms with Gasteiger partial charge in [0.15, 0.2) is 5.96 Å². The molecule has 0 saturated carbocycles. The van der Waals surface area contributed by atoms with Crippen LogP contribution in [0, 0.1) is 5.92 Å². The molecule has 4 N–H and O–H groups in total. The third kappa shape index (κ3) is 8.78. The number of likely N-dealkylation sites (tertiary alicyclic amines) is 1. The summed E-state index contributed by atoms with van der Waals surface area (Å²) in [5.41, 5.74) is 7.95. The Morgan fingerprint density at radius 1 is 1.26 bits per heavy atom. The summed E-state index contributed by atoms with van der Waals surface area (Å²) < 4.78 is 0. The lowest BCUT2D eigenvalue weighted by Gasteiger charge is -2.31. The number of nitrogens with two attached hydrogens (primary N) is 1. The molecule has 6 nitrogen and oxygen atoms in total. The third-order valence-corrected chi connectivity index (χ3v) is 6.25. The van der Waals surface area contributed by atoms with Crippen LogP contribution in [0.3, 0.4) is 0 Å². The Hall–Kier alpha value is -1.65. The van der Waals surface area contributed by atoms with Crippen molar-refractivity contribution < 1.29 is 4.79 Å². The van der Waals surface area contributed by atoms with Crippen LogP contribution in [0.2, 0.25) is 0 Å². The minimum absolute atomic E-state index is 0. The number of thiophene rings is 1. The van der Waals surface area contributed by atoms with E-state index in [9.17, 15) is 4.79 Å². The van der Waals surface area contributed by atoms with E-state index in [-0.39, 0.29) is 35.8 Å². The van der Waals surface area contributed by atoms with Gasteiger partial charge in [0, 0.05) is 31.1 Å². The van der Waals surface area contributed by atoms with Gasteiger partial charge in [0.2, 0.25) is 5.91 Å². The van der Waals surface area contributed by atoms with Crippen LogP contribution in [0.4, 0.5) is 0 Å². The van der Waals surface area contributed by atoms with E-state index in [2.05, 4.69) is 64.2 Å². The van der Waals surface area contributed by atoms with Crippen molar-refractivity contribution in [1.82, 2.24) is 15.5 Å². The number of amides is 1. The van der Waals surface area contributed by atoms with Crippen molar-refractivity contribution in [3.8, 4) is 0 Å². The zero-order valence-electron chi connectivity index (χ0n) is 18.2. The second-order valence-electron chi connectivity index (χ2n) is 7.75. The van der Waals surface area contributed by atoms with Gasteiger partial charge < -0.3 is 16.4 Å². The summed E-state index contributed by atoms with van der Waals surface area (Å²) in [4.78, 5) is 20.0. The minimum atomic E-state index is -0.176. The van der Waals surface area contributed by atoms with Crippen molar-refractivity contribution in [3.63, 3.8) is 0 Å². The molecule has 1 aliphatic rings. The number of halogens is 1. The Kier molecular flexibility index (Phi) is 11.3. The Morgan fingerprint density at radius 2 is 2.10 bits per heavy atom. The molecule has 3 rings (SSSR count). The highest BCUT2D eigenvalue weighted by Crippen LogP contribution is 2.19. The standard InChI is InChI=1S/C23H33N5OS.HI/c1-2-25-23(26-11-10-21-9-5-13-30-21)27-15-18-6-3-7-19(14-18)16-28-12-4-8-20(17-28)22(24)29;/h3,5-7,9,13-14,20H,2,4,8,10-12,15-17H2,1H3,(H2,24,29)(H2,25,26,27);1H. The number of guanidine groups is 1. The maximum atomic E-state index is 11.5. The van der Waals surface area contributed by atoms with Gasteiger partial charge in [-0.25, -0.2) is 4.99 Å². The van der Waals surface area contributed by atoms with Gasteiger partial charge in [-0.3, -0.25) is 9.69 Å². The van der Waals surface area contributed by atoms with E-state index >= 15 is 0 Å². The molecular weight excluding hydrogens is 521 g/mol. The van der Waals surface area contributed by atoms with E-state index in [1.54, 1.807) is 11.3 Å². The molecule has 31 heavy (non-hydrogen) atoms. The Morgan fingerprint density at radius 3 is 2.84 bits per heavy atom. The van der Waals surface area contributed by atoms with Crippen LogP contribution in [0.5, 0.6) is 0 Å². The molecule has 1 aliphatic heterocycles. The SMILES string of the molecule is CCNC(=NCc1cccc(CN2CCCC(C(N)=O)C2)c1)NCCc1cccs1.I. The minimum Gasteiger partial charge on any atom is -0.369 e. The molecule has 2 heterocycles. The van der Waals surface area contributed by atoms with Crippen LogP contribution in [-0.4, -0.2) is 42.9 Å². The second kappa shape index (κ2) is 13.7. The summed E-state index contributed by atoms with van der Waals surface area (Å²) in [6.07, 6.45) is 2.94. The highest BCUT2D eigenvalue weighted by molar-refractivity contribution is 14.0. The molecule has 1 amide bonds. The number of primary amides is 1. The summed E-state index contributed by atoms with van der Waals surface area (Å²) >= 11 is 1.79. The first kappa shape index (κ1) is 25.6. The third-order valence-electron chi connectivity index (χ3n) is 5.31. The Balaban J connectivity index is 0.00000341. The largest absolute Gasteiger partial charge is 0.369 e. The number of hydrogen-bond donors (Lipinski definition) is 3. The highest BCUT2D eigenvalue weighted by Gasteiger charge is 2.23. The molecule has 0 aliphatic carbocycles. The quantitative estimate of drug-likeness (QED) is 0.252. The van der Waals surface area contributed by atoms with Crippen molar-refractivity contribution in [2.75, 3.05) is 26.2 Å². The number of hydrogen-bond acceptors (Lipinski definition) is 4. The van der Waals surface area contributed by atoms with Crippen molar-refractivity contribution in [3.05, 3.63) is 57.8 Å². The fraction of sp³-hybridized carbons (Fsp3) is 0.478. The fourth-order valence-electron chi connectivity index (χ4n) is 3.79. The summed E-state index contributed by atoms with van der Waals surface area (Å²) in [7, 11) is 0. The fourth-order valence-corrected chi connectivity index (χ4v) is 4.50. The van der Waals surface area contributed by atoms with E-state index in [4.69, 9.17) is 10.7 Å². The van der Waals surface area contributed by atoms with Crippen LogP contribution < -0.4 is 16.4 Å². The van der Waals surface area contributed by atoms with Crippen molar-refractivity contribution in [2.45, 2.75) is 39.3 Å². The van der Waals surface area contributed by atoms with Gasteiger partial charge in [-0.15, -0.1) is 35.3 Å². The van der Waals surface area contributed by atoms with Gasteiger partial charge in [-0.2, -0.15) is 0 Å². The number of nitrogens with zero attached hydrogens (tertiary/aromatic N) is 2. The zero-order valence-corrected chi connectivity index (χ0v) is 21.3. The van der Waals surface area contributed by atoms with Crippen LogP contribution in [0.25, 0.3) is 0 Å². The van der Waals surface area contributed by atoms with Crippen molar-refractivity contribution >= 4 is 47.2 Å². The molecule has 2 aromatic rings. The lowest BCUT2D eigenvalue weighted by atomic mass is 9.97. The van der Waals surface area contributed by atoms with E-state index in [1.807, 2.05) is 0 Å². The summed E-state index contributed by atoms with van der Waals surface area (Å²) in [5, 5.41) is 8.85. The van der Waals surface area contributed by atoms with Gasteiger partial charge in [0.1, 0.15) is 0 Å². The molecule has 0 bridgehead atoms. The van der Waals surface area contributed by atoms with Crippen LogP contribution >= 0.6 is 35.3 Å². The van der Waals surface area contributed by atoms with Crippen molar-refractivity contribution in [1.29, 1.82) is 0 Å². The molecule has 1 fully saturated rings. The normalized spacial score (nSPS) is 17.1. The smallest absolute Gasteiger partial charge is 0.221 e. The first-order valence-electron chi connectivity index (χ1n) is 10.8. The lowest BCUT2D eigenvalue weighted by molar-refractivity contribution is -0.123. The molecule has 8 heteroatoms. The summed E-state index contributed by atoms with van der Waals surface area (Å²) in [5.74, 6) is 0.652. The molecule has 1 saturated heterocycles. The average Bonchev–Trinajstić information content (AvgIpc) is 3.26. The summed E-state index contributed by atoms with van der Waals surface area (Å²) in [6, 6.07) is 12.8. The van der Waals surface area contributed by atoms with Gasteiger partial charge in [0.25, 0.3) is 0 Å². The van der Waals surface area contributed by atoms with Gasteiger partial charge in [-0.1, -0.05) is 30.3 Å². The van der Waals surface area contributed by atoms with Crippen LogP contribution in [0.15, 0.2) is 46.8 Å². The number of nitrogens with one attached hydrogen (secondary N) is 2. The Labute approximate surface area is 206 Å². The van der Waals surface area contributed by atoms with Crippen LogP contribution in [-0.2, 0) is 24.3 Å². The highest BCUT2D eigenvalue weighted by atomic mass is 127. The van der Waals surface area contributed by atoms with Crippen LogP contribution in [0.1, 0.15) is 35.8 Å². The van der Waals surface area contributed by atoms with Gasteiger partial charge in [-0.05, 0) is 55.3 Å². The molecule has 1 atom stereocenters. The number of aliphatic imine (C=N–C) groups is 1. The number of carbonyl (C=O) groups is 1. The van der Waals surface area contributed by atoms with Gasteiger partial charge in [0.05, 0.1) is 12.5 Å². The molecular formula is C23H34IN5OS. The van der Waals surface area contributed by atoms with Gasteiger partial charge >= 0.3 is 0 Å². The van der Waals surface area contributed by atoms with E-state index in [1.165, 1.54) is 16.0 Å². The molecule has 0 radical (unpaired) electrons. The zero-order chi connectivity index (χ0) is 21.2. The first-order chi connectivity index (χ1) is 14.6. The predicted octanol–water partition coefficient (Wildman–Crippen LogP) is 3.36. The number of rotatable bonds is 9. The maximum Gasteiger partial charge on any atom is 0.221 e. The molecule has 0 spiro atoms. The first-order valence-corrected chi connectivity index (χ1v) is 11.7. The van der Waals surface area contributed by atoms with Crippen molar-refractivity contribution in [2.24, 2.45) is 16.6 Å². The topological polar surface area (TPSA) is 82.8 Å². The Bertz CT molecular complexity index is 827. The second-order valence-corrected chi connectivity index (χ2v) is 8.78. The number of benzene rings is 1. The monoisotopic (exact) mass is 555 g/mol. The molecule has 1 unspecified atom stereocenters. The number of carbonyl (C=O) groups excluding carboxylic acids is 1. The predicted molar refractivity (Wildman–Crippen MR) is 140 cm³/mol. The van der Waals surface area contributed by atoms with E-state index < -0.39 is 0 Å². The average molecular weight is 556 g/mol.